The number of hydrogen-bond donors (Lipinski definition) is 1. The zero-order valence-electron chi connectivity index (χ0n) is 8.30. The topological polar surface area (TPSA) is 59.4 Å². The Balaban J connectivity index is 2.14. The van der Waals surface area contributed by atoms with E-state index in [9.17, 15) is 9.82 Å². The molecule has 0 bridgehead atoms. The highest BCUT2D eigenvalue weighted by Crippen LogP contribution is 2.59. The van der Waals surface area contributed by atoms with E-state index in [1.807, 2.05) is 6.07 Å². The van der Waals surface area contributed by atoms with Crippen LogP contribution < -0.4 is 4.65 Å². The molecule has 1 aromatic rings. The summed E-state index contributed by atoms with van der Waals surface area (Å²) in [5.41, 5.74) is 1.35. The maximum atomic E-state index is 11.3. The van der Waals surface area contributed by atoms with Crippen LogP contribution in [0.25, 0.3) is 0 Å². The molecule has 0 saturated heterocycles. The molecule has 0 radical (unpaired) electrons. The van der Waals surface area contributed by atoms with Crippen molar-refractivity contribution in [2.75, 3.05) is 0 Å². The van der Waals surface area contributed by atoms with E-state index >= 15 is 0 Å². The van der Waals surface area contributed by atoms with Crippen LogP contribution in [-0.2, 0) is 0 Å². The van der Waals surface area contributed by atoms with Gasteiger partial charge in [0.15, 0.2) is 5.78 Å². The molecule has 15 heavy (non-hydrogen) atoms. The average Bonchev–Trinajstić information content (AvgIpc) is 2.97. The summed E-state index contributed by atoms with van der Waals surface area (Å²) in [6.07, 6.45) is 2.57. The molecule has 0 spiro atoms. The molecule has 1 aromatic heterocycles. The van der Waals surface area contributed by atoms with Crippen LogP contribution in [-0.4, -0.2) is 22.9 Å². The van der Waals surface area contributed by atoms with E-state index in [0.717, 1.165) is 12.0 Å². The van der Waals surface area contributed by atoms with Gasteiger partial charge in [-0.05, 0) is 24.0 Å². The van der Waals surface area contributed by atoms with E-state index in [1.54, 1.807) is 6.20 Å². The van der Waals surface area contributed by atoms with Crippen LogP contribution in [0.4, 0.5) is 0 Å². The van der Waals surface area contributed by atoms with Crippen molar-refractivity contribution in [1.29, 1.82) is 0 Å². The van der Waals surface area contributed by atoms with Gasteiger partial charge in [-0.15, -0.1) is 0 Å². The summed E-state index contributed by atoms with van der Waals surface area (Å²) in [6, 6.07) is 1.87. The normalized spacial score (nSPS) is 26.4. The predicted molar refractivity (Wildman–Crippen MR) is 54.0 cm³/mol. The van der Waals surface area contributed by atoms with Gasteiger partial charge in [-0.1, -0.05) is 0 Å². The lowest BCUT2D eigenvalue weighted by Gasteiger charge is -2.20. The van der Waals surface area contributed by atoms with Crippen LogP contribution in [0.5, 0.6) is 5.75 Å². The van der Waals surface area contributed by atoms with E-state index < -0.39 is 7.12 Å². The molecule has 2 aliphatic rings. The highest BCUT2D eigenvalue weighted by Gasteiger charge is 2.54. The summed E-state index contributed by atoms with van der Waals surface area (Å²) in [5.74, 6) is 0.916. The number of nitrogens with zero attached hydrogens (tertiary/aromatic N) is 1. The van der Waals surface area contributed by atoms with Gasteiger partial charge in [0.05, 0.1) is 0 Å². The van der Waals surface area contributed by atoms with E-state index in [2.05, 4.69) is 4.98 Å². The number of fused-ring (bicyclic) bond motifs is 3. The van der Waals surface area contributed by atoms with E-state index in [1.165, 1.54) is 6.92 Å². The minimum absolute atomic E-state index is 0.127. The number of aromatic nitrogens is 1. The van der Waals surface area contributed by atoms with Gasteiger partial charge in [0.1, 0.15) is 11.4 Å². The van der Waals surface area contributed by atoms with Gasteiger partial charge < -0.3 is 9.68 Å². The molecule has 4 nitrogen and oxygen atoms in total. The Hall–Kier alpha value is -1.36. The minimum atomic E-state index is -0.773. The molecule has 1 aliphatic carbocycles. The molecule has 0 amide bonds. The van der Waals surface area contributed by atoms with Crippen LogP contribution in [0.2, 0.25) is 5.82 Å². The number of ketones is 1. The third-order valence-corrected chi connectivity index (χ3v) is 3.11. The molecule has 1 saturated carbocycles. The summed E-state index contributed by atoms with van der Waals surface area (Å²) in [4.78, 5) is 15.3. The molecule has 0 unspecified atom stereocenters. The second kappa shape index (κ2) is 2.82. The SMILES string of the molecule is CC(=O)c1nccc2c1OB(O)[C@H]1C[C@@H]21. The van der Waals surface area contributed by atoms with Crippen molar-refractivity contribution in [1.82, 2.24) is 4.98 Å². The minimum Gasteiger partial charge on any atom is -0.534 e. The van der Waals surface area contributed by atoms with Gasteiger partial charge >= 0.3 is 7.12 Å². The average molecular weight is 203 g/mol. The van der Waals surface area contributed by atoms with E-state index in [4.69, 9.17) is 4.65 Å². The van der Waals surface area contributed by atoms with Gasteiger partial charge in [0, 0.05) is 18.9 Å². The summed E-state index contributed by atoms with van der Waals surface area (Å²) in [6.45, 7) is 1.46. The molecule has 1 fully saturated rings. The van der Waals surface area contributed by atoms with Gasteiger partial charge in [0.2, 0.25) is 0 Å². The van der Waals surface area contributed by atoms with Crippen molar-refractivity contribution in [3.05, 3.63) is 23.5 Å². The number of carbonyl (C=O) groups excluding carboxylic acids is 1. The second-order valence-electron chi connectivity index (χ2n) is 4.15. The molecule has 5 heteroatoms. The predicted octanol–water partition coefficient (Wildman–Crippen LogP) is 1.01. The van der Waals surface area contributed by atoms with Crippen molar-refractivity contribution in [3.63, 3.8) is 0 Å². The molecule has 0 aromatic carbocycles. The van der Waals surface area contributed by atoms with Gasteiger partial charge in [-0.25, -0.2) is 4.98 Å². The Morgan fingerprint density at radius 1 is 1.73 bits per heavy atom. The molecule has 1 aliphatic heterocycles. The molecule has 2 heterocycles. The Morgan fingerprint density at radius 3 is 3.27 bits per heavy atom. The molecular weight excluding hydrogens is 193 g/mol. The highest BCUT2D eigenvalue weighted by atomic mass is 16.5. The fraction of sp³-hybridized carbons (Fsp3) is 0.400. The van der Waals surface area contributed by atoms with Crippen LogP contribution in [0.3, 0.4) is 0 Å². The number of hydrogen-bond acceptors (Lipinski definition) is 4. The van der Waals surface area contributed by atoms with Crippen LogP contribution in [0.1, 0.15) is 35.3 Å². The molecule has 76 valence electrons. The summed E-state index contributed by atoms with van der Waals surface area (Å²) in [5, 5.41) is 9.61. The first-order valence-electron chi connectivity index (χ1n) is 5.03. The van der Waals surface area contributed by atoms with Gasteiger partial charge in [-0.3, -0.25) is 4.79 Å². The van der Waals surface area contributed by atoms with E-state index in [-0.39, 0.29) is 11.6 Å². The Morgan fingerprint density at radius 2 is 2.53 bits per heavy atom. The third kappa shape index (κ3) is 1.19. The van der Waals surface area contributed by atoms with Crippen LogP contribution in [0, 0.1) is 0 Å². The van der Waals surface area contributed by atoms with Gasteiger partial charge in [0.25, 0.3) is 0 Å². The standard InChI is InChI=1S/C10H10BNO3/c1-5(13)9-10-6(2-3-12-9)7-4-8(7)11(14)15-10/h2-3,7-8,14H,4H2,1H3/t7-,8-/m0/s1. The largest absolute Gasteiger partial charge is 0.534 e. The van der Waals surface area contributed by atoms with Gasteiger partial charge in [-0.2, -0.15) is 0 Å². The zero-order valence-corrected chi connectivity index (χ0v) is 8.30. The van der Waals surface area contributed by atoms with Crippen LogP contribution >= 0.6 is 0 Å². The first kappa shape index (κ1) is 8.91. The first-order valence-corrected chi connectivity index (χ1v) is 5.03. The Bertz CT molecular complexity index is 448. The third-order valence-electron chi connectivity index (χ3n) is 3.11. The zero-order chi connectivity index (χ0) is 10.6. The maximum absolute atomic E-state index is 11.3. The fourth-order valence-electron chi connectivity index (χ4n) is 2.23. The molecular formula is C10H10BNO3. The lowest BCUT2D eigenvalue weighted by atomic mass is 9.77. The Kier molecular flexibility index (Phi) is 1.68. The smallest absolute Gasteiger partial charge is 0.526 e. The van der Waals surface area contributed by atoms with Crippen molar-refractivity contribution in [3.8, 4) is 5.75 Å². The van der Waals surface area contributed by atoms with Crippen LogP contribution in [0.15, 0.2) is 12.3 Å². The summed E-state index contributed by atoms with van der Waals surface area (Å²) < 4.78 is 5.35. The summed E-state index contributed by atoms with van der Waals surface area (Å²) in [7, 11) is -0.773. The monoisotopic (exact) mass is 203 g/mol. The number of rotatable bonds is 1. The quantitative estimate of drug-likeness (QED) is 0.546. The number of Topliss-reactive ketones (excluding diaryl/α,β-unsaturated/α-hetero) is 1. The van der Waals surface area contributed by atoms with Crippen molar-refractivity contribution in [2.24, 2.45) is 0 Å². The Labute approximate surface area is 87.4 Å². The summed E-state index contributed by atoms with van der Waals surface area (Å²) >= 11 is 0. The van der Waals surface area contributed by atoms with Crippen molar-refractivity contribution >= 4 is 12.9 Å². The molecule has 3 rings (SSSR count). The first-order chi connectivity index (χ1) is 7.18. The van der Waals surface area contributed by atoms with Crippen molar-refractivity contribution in [2.45, 2.75) is 25.1 Å². The number of carbonyl (C=O) groups is 1. The second-order valence-corrected chi connectivity index (χ2v) is 4.15. The molecule has 2 atom stereocenters. The van der Waals surface area contributed by atoms with Crippen molar-refractivity contribution < 1.29 is 14.5 Å². The lowest BCUT2D eigenvalue weighted by Crippen LogP contribution is -2.27. The number of pyridine rings is 1. The highest BCUT2D eigenvalue weighted by molar-refractivity contribution is 6.48. The lowest BCUT2D eigenvalue weighted by molar-refractivity contribution is 0.101. The fourth-order valence-corrected chi connectivity index (χ4v) is 2.23. The van der Waals surface area contributed by atoms with E-state index in [0.29, 0.717) is 17.4 Å². The molecule has 1 N–H and O–H groups in total. The maximum Gasteiger partial charge on any atom is 0.526 e.